The predicted octanol–water partition coefficient (Wildman–Crippen LogP) is 3.19. The van der Waals surface area contributed by atoms with Gasteiger partial charge in [-0.25, -0.2) is 8.42 Å². The number of hydrogen-bond donors (Lipinski definition) is 2. The molecule has 0 bridgehead atoms. The summed E-state index contributed by atoms with van der Waals surface area (Å²) < 4.78 is 24.5. The number of anilines is 1. The lowest BCUT2D eigenvalue weighted by molar-refractivity contribution is 0.604. The van der Waals surface area contributed by atoms with Crippen molar-refractivity contribution in [1.82, 2.24) is 0 Å². The van der Waals surface area contributed by atoms with Gasteiger partial charge < -0.3 is 5.32 Å². The molecule has 6 heteroatoms. The molecule has 0 radical (unpaired) electrons. The van der Waals surface area contributed by atoms with Crippen LogP contribution in [-0.2, 0) is 9.84 Å². The molecule has 0 spiro atoms. The van der Waals surface area contributed by atoms with Crippen LogP contribution >= 0.6 is 12.6 Å². The maximum atomic E-state index is 12.4. The molecule has 0 unspecified atom stereocenters. The quantitative estimate of drug-likeness (QED) is 0.671. The van der Waals surface area contributed by atoms with Crippen molar-refractivity contribution >= 4 is 28.2 Å². The van der Waals surface area contributed by atoms with E-state index in [9.17, 15) is 13.7 Å². The minimum atomic E-state index is -3.81. The maximum Gasteiger partial charge on any atom is 0.215 e. The molecule has 2 aromatic rings. The highest BCUT2D eigenvalue weighted by molar-refractivity contribution is 8.10. The molecule has 0 aliphatic carbocycles. The van der Waals surface area contributed by atoms with Crippen molar-refractivity contribution < 1.29 is 8.42 Å². The Morgan fingerprint density at radius 3 is 2.05 bits per heavy atom. The number of thiol groups is 1. The van der Waals surface area contributed by atoms with Crippen molar-refractivity contribution in [1.29, 1.82) is 5.26 Å². The van der Waals surface area contributed by atoms with Crippen molar-refractivity contribution in [3.8, 4) is 6.07 Å². The Labute approximate surface area is 129 Å². The normalized spacial score (nSPS) is 12.2. The standard InChI is InChI=1S/C15H12N2O2S2/c16-11-14(17-12-7-3-1-4-8-12)15(20)21(18,19)13-9-5-2-6-10-13/h1-10,17,20H. The van der Waals surface area contributed by atoms with Crippen molar-refractivity contribution in [2.45, 2.75) is 4.90 Å². The van der Waals surface area contributed by atoms with E-state index in [4.69, 9.17) is 0 Å². The van der Waals surface area contributed by atoms with Crippen LogP contribution in [0.4, 0.5) is 5.69 Å². The summed E-state index contributed by atoms with van der Waals surface area (Å²) in [5.74, 6) is 0. The molecule has 0 atom stereocenters. The fourth-order valence-corrected chi connectivity index (χ4v) is 3.17. The fourth-order valence-electron chi connectivity index (χ4n) is 1.64. The minimum absolute atomic E-state index is 0.0950. The van der Waals surface area contributed by atoms with Crippen molar-refractivity contribution in [3.05, 3.63) is 70.6 Å². The molecule has 1 N–H and O–H groups in total. The minimum Gasteiger partial charge on any atom is -0.345 e. The highest BCUT2D eigenvalue weighted by atomic mass is 32.2. The molecule has 0 fully saturated rings. The molecule has 2 aromatic carbocycles. The van der Waals surface area contributed by atoms with Crippen molar-refractivity contribution in [2.75, 3.05) is 5.32 Å². The number of sulfone groups is 1. The summed E-state index contributed by atoms with van der Waals surface area (Å²) in [7, 11) is -3.81. The zero-order valence-corrected chi connectivity index (χ0v) is 12.6. The van der Waals surface area contributed by atoms with Gasteiger partial charge >= 0.3 is 0 Å². The van der Waals surface area contributed by atoms with Gasteiger partial charge in [0.15, 0.2) is 0 Å². The van der Waals surface area contributed by atoms with Gasteiger partial charge in [-0.05, 0) is 24.3 Å². The number of rotatable bonds is 4. The first-order chi connectivity index (χ1) is 10.1. The first-order valence-corrected chi connectivity index (χ1v) is 7.94. The van der Waals surface area contributed by atoms with E-state index in [0.29, 0.717) is 5.69 Å². The Kier molecular flexibility index (Phi) is 4.68. The second-order valence-electron chi connectivity index (χ2n) is 4.10. The molecule has 0 heterocycles. The van der Waals surface area contributed by atoms with Gasteiger partial charge in [0.1, 0.15) is 16.0 Å². The van der Waals surface area contributed by atoms with Crippen LogP contribution in [0.25, 0.3) is 0 Å². The molecule has 4 nitrogen and oxygen atoms in total. The van der Waals surface area contributed by atoms with E-state index >= 15 is 0 Å². The summed E-state index contributed by atoms with van der Waals surface area (Å²) in [5.41, 5.74) is 0.497. The van der Waals surface area contributed by atoms with Crippen LogP contribution < -0.4 is 5.32 Å². The Bertz CT molecular complexity index is 793. The molecule has 2 rings (SSSR count). The van der Waals surface area contributed by atoms with E-state index < -0.39 is 9.84 Å². The van der Waals surface area contributed by atoms with E-state index in [2.05, 4.69) is 17.9 Å². The Morgan fingerprint density at radius 2 is 1.52 bits per heavy atom. The van der Waals surface area contributed by atoms with Crippen LogP contribution in [-0.4, -0.2) is 8.42 Å². The highest BCUT2D eigenvalue weighted by Gasteiger charge is 2.21. The van der Waals surface area contributed by atoms with Gasteiger partial charge in [0.25, 0.3) is 0 Å². The van der Waals surface area contributed by atoms with Crippen LogP contribution in [0.5, 0.6) is 0 Å². The third kappa shape index (κ3) is 3.45. The molecule has 0 amide bonds. The third-order valence-corrected chi connectivity index (χ3v) is 5.23. The summed E-state index contributed by atoms with van der Waals surface area (Å²) in [5, 5.41) is 12.0. The summed E-state index contributed by atoms with van der Waals surface area (Å²) in [6.45, 7) is 0. The van der Waals surface area contributed by atoms with Gasteiger partial charge in [0.05, 0.1) is 4.90 Å². The monoisotopic (exact) mass is 316 g/mol. The van der Waals surface area contributed by atoms with Crippen LogP contribution in [0.3, 0.4) is 0 Å². The zero-order valence-electron chi connectivity index (χ0n) is 10.9. The van der Waals surface area contributed by atoms with E-state index in [1.807, 2.05) is 12.1 Å². The number of para-hydroxylation sites is 1. The molecule has 21 heavy (non-hydrogen) atoms. The molecule has 0 aliphatic heterocycles. The van der Waals surface area contributed by atoms with Crippen LogP contribution in [0, 0.1) is 11.3 Å². The molecular weight excluding hydrogens is 304 g/mol. The van der Waals surface area contributed by atoms with Gasteiger partial charge in [-0.1, -0.05) is 36.4 Å². The van der Waals surface area contributed by atoms with Crippen molar-refractivity contribution in [3.63, 3.8) is 0 Å². The fraction of sp³-hybridized carbons (Fsp3) is 0. The number of nitrogens with zero attached hydrogens (tertiary/aromatic N) is 1. The van der Waals surface area contributed by atoms with E-state index in [1.54, 1.807) is 42.5 Å². The molecule has 0 aromatic heterocycles. The number of benzene rings is 2. The Balaban J connectivity index is 2.43. The average Bonchev–Trinajstić information content (AvgIpc) is 2.53. The lowest BCUT2D eigenvalue weighted by atomic mass is 10.3. The smallest absolute Gasteiger partial charge is 0.215 e. The number of hydrogen-bond acceptors (Lipinski definition) is 5. The maximum absolute atomic E-state index is 12.4. The molecule has 0 saturated heterocycles. The largest absolute Gasteiger partial charge is 0.345 e. The number of allylic oxidation sites excluding steroid dienone is 1. The molecular formula is C15H12N2O2S2. The summed E-state index contributed by atoms with van der Waals surface area (Å²) in [6.07, 6.45) is 0. The van der Waals surface area contributed by atoms with E-state index in [1.165, 1.54) is 12.1 Å². The Hall–Kier alpha value is -2.23. The van der Waals surface area contributed by atoms with Gasteiger partial charge in [-0.3, -0.25) is 0 Å². The SMILES string of the molecule is N#CC(Nc1ccccc1)=C(S)S(=O)(=O)c1ccccc1. The molecule has 0 aliphatic rings. The van der Waals surface area contributed by atoms with Gasteiger partial charge in [0.2, 0.25) is 9.84 Å². The molecule has 106 valence electrons. The number of nitrogens with one attached hydrogen (secondary N) is 1. The van der Waals surface area contributed by atoms with E-state index in [-0.39, 0.29) is 14.8 Å². The van der Waals surface area contributed by atoms with Crippen LogP contribution in [0.2, 0.25) is 0 Å². The topological polar surface area (TPSA) is 70.0 Å². The summed E-state index contributed by atoms with van der Waals surface area (Å²) >= 11 is 4.03. The van der Waals surface area contributed by atoms with Crippen LogP contribution in [0.1, 0.15) is 0 Å². The van der Waals surface area contributed by atoms with Gasteiger partial charge in [-0.15, -0.1) is 12.6 Å². The second kappa shape index (κ2) is 6.48. The van der Waals surface area contributed by atoms with Gasteiger partial charge in [-0.2, -0.15) is 5.26 Å². The number of nitriles is 1. The third-order valence-electron chi connectivity index (χ3n) is 2.68. The van der Waals surface area contributed by atoms with Crippen LogP contribution in [0.15, 0.2) is 75.5 Å². The van der Waals surface area contributed by atoms with Gasteiger partial charge in [0, 0.05) is 5.69 Å². The molecule has 0 saturated carbocycles. The highest BCUT2D eigenvalue weighted by Crippen LogP contribution is 2.25. The Morgan fingerprint density at radius 1 is 1.00 bits per heavy atom. The van der Waals surface area contributed by atoms with Crippen molar-refractivity contribution in [2.24, 2.45) is 0 Å². The summed E-state index contributed by atoms with van der Waals surface area (Å²) in [6, 6.07) is 18.5. The first kappa shape index (κ1) is 15.2. The lowest BCUT2D eigenvalue weighted by Crippen LogP contribution is -2.08. The zero-order chi connectivity index (χ0) is 15.3. The summed E-state index contributed by atoms with van der Waals surface area (Å²) in [4.78, 5) is 0.0950. The second-order valence-corrected chi connectivity index (χ2v) is 6.74. The predicted molar refractivity (Wildman–Crippen MR) is 85.3 cm³/mol. The van der Waals surface area contributed by atoms with E-state index in [0.717, 1.165) is 0 Å². The lowest BCUT2D eigenvalue weighted by Gasteiger charge is -2.09. The first-order valence-electron chi connectivity index (χ1n) is 6.01. The average molecular weight is 316 g/mol.